The van der Waals surface area contributed by atoms with Crippen molar-refractivity contribution in [3.05, 3.63) is 70.3 Å². The van der Waals surface area contributed by atoms with Crippen LogP contribution >= 0.6 is 46.6 Å². The summed E-state index contributed by atoms with van der Waals surface area (Å²) in [5.74, 6) is -0.0682. The van der Waals surface area contributed by atoms with E-state index in [1.807, 2.05) is 0 Å². The molecule has 2 aromatic rings. The van der Waals surface area contributed by atoms with Crippen molar-refractivity contribution in [1.82, 2.24) is 0 Å². The molecule has 0 radical (unpaired) electrons. The molecule has 130 valence electrons. The van der Waals surface area contributed by atoms with Gasteiger partial charge in [-0.05, 0) is 31.5 Å². The Hall–Kier alpha value is -1.13. The highest BCUT2D eigenvalue weighted by molar-refractivity contribution is 8.03. The number of allylic oxidation sites excluding steroid dienone is 1. The number of benzene rings is 2. The molecule has 0 fully saturated rings. The summed E-state index contributed by atoms with van der Waals surface area (Å²) in [5.41, 5.74) is 3.45. The maximum atomic E-state index is 12.6. The Bertz CT molecular complexity index is 841. The van der Waals surface area contributed by atoms with E-state index >= 15 is 0 Å². The van der Waals surface area contributed by atoms with Gasteiger partial charge >= 0.3 is 0 Å². The van der Waals surface area contributed by atoms with Crippen LogP contribution < -0.4 is 4.90 Å². The molecule has 0 saturated heterocycles. The molecular weight excluding hydrogens is 397 g/mol. The van der Waals surface area contributed by atoms with Crippen LogP contribution in [0.3, 0.4) is 0 Å². The summed E-state index contributed by atoms with van der Waals surface area (Å²) in [6.45, 7) is 4.94. The van der Waals surface area contributed by atoms with Gasteiger partial charge in [0, 0.05) is 28.6 Å². The van der Waals surface area contributed by atoms with Gasteiger partial charge in [0.15, 0.2) is 5.78 Å². The molecule has 25 heavy (non-hydrogen) atoms. The van der Waals surface area contributed by atoms with E-state index in [1.54, 1.807) is 42.1 Å². The minimum absolute atomic E-state index is 0.0682. The molecule has 0 unspecified atom stereocenters. The molecule has 6 heteroatoms. The highest BCUT2D eigenvalue weighted by atomic mass is 35.6. The minimum atomic E-state index is -1.49. The molecule has 1 aliphatic rings. The van der Waals surface area contributed by atoms with Gasteiger partial charge in [0.2, 0.25) is 3.79 Å². The first kappa shape index (κ1) is 18.7. The normalized spacial score (nSPS) is 15.6. The number of anilines is 1. The summed E-state index contributed by atoms with van der Waals surface area (Å²) < 4.78 is -1.49. The Morgan fingerprint density at radius 1 is 1.16 bits per heavy atom. The number of aryl methyl sites for hydroxylation is 1. The molecule has 0 aliphatic carbocycles. The summed E-state index contributed by atoms with van der Waals surface area (Å²) in [6, 6.07) is 13.0. The number of hydrogen-bond donors (Lipinski definition) is 0. The van der Waals surface area contributed by atoms with Crippen LogP contribution in [0.1, 0.15) is 28.4 Å². The third kappa shape index (κ3) is 4.01. The van der Waals surface area contributed by atoms with Crippen molar-refractivity contribution < 1.29 is 4.79 Å². The number of nitrogens with zero attached hydrogens (tertiary/aromatic N) is 1. The van der Waals surface area contributed by atoms with Crippen LogP contribution in [0.4, 0.5) is 5.69 Å². The van der Waals surface area contributed by atoms with Gasteiger partial charge in [-0.3, -0.25) is 4.79 Å². The van der Waals surface area contributed by atoms with E-state index in [1.165, 1.54) is 5.56 Å². The molecule has 3 rings (SSSR count). The van der Waals surface area contributed by atoms with Crippen molar-refractivity contribution in [2.24, 2.45) is 0 Å². The van der Waals surface area contributed by atoms with E-state index in [4.69, 9.17) is 34.8 Å². The second-order valence-electron chi connectivity index (χ2n) is 5.74. The molecule has 2 nitrogen and oxygen atoms in total. The summed E-state index contributed by atoms with van der Waals surface area (Å²) in [5, 5.41) is 0.929. The standard InChI is InChI=1S/C19H16Cl3NOS/c1-3-23-15-10-12(2)4-9-17(15)25-18(23)11-16(24)13-5-7-14(8-6-13)19(20,21)22/h4-11H,3H2,1-2H3/b18-11-. The van der Waals surface area contributed by atoms with Crippen LogP contribution in [0.15, 0.2) is 58.5 Å². The average Bonchev–Trinajstić information content (AvgIpc) is 2.90. The van der Waals surface area contributed by atoms with E-state index in [2.05, 4.69) is 36.9 Å². The lowest BCUT2D eigenvalue weighted by atomic mass is 10.1. The summed E-state index contributed by atoms with van der Waals surface area (Å²) in [7, 11) is 0. The Balaban J connectivity index is 1.87. The van der Waals surface area contributed by atoms with Gasteiger partial charge in [-0.15, -0.1) is 0 Å². The number of fused-ring (bicyclic) bond motifs is 1. The minimum Gasteiger partial charge on any atom is -0.335 e. The van der Waals surface area contributed by atoms with Gasteiger partial charge in [0.1, 0.15) is 0 Å². The van der Waals surface area contributed by atoms with Gasteiger partial charge in [-0.25, -0.2) is 0 Å². The second kappa shape index (κ2) is 7.24. The number of thioether (sulfide) groups is 1. The molecule has 0 aromatic heterocycles. The molecule has 0 spiro atoms. The van der Waals surface area contributed by atoms with Crippen LogP contribution in [-0.2, 0) is 3.79 Å². The number of carbonyl (C=O) groups excluding carboxylic acids is 1. The predicted octanol–water partition coefficient (Wildman–Crippen LogP) is 6.48. The molecule has 0 amide bonds. The molecule has 0 N–H and O–H groups in total. The fourth-order valence-corrected chi connectivity index (χ4v) is 4.18. The van der Waals surface area contributed by atoms with Crippen molar-refractivity contribution in [1.29, 1.82) is 0 Å². The largest absolute Gasteiger partial charge is 0.335 e. The first-order valence-corrected chi connectivity index (χ1v) is 9.74. The molecule has 0 bridgehead atoms. The fraction of sp³-hybridized carbons (Fsp3) is 0.211. The van der Waals surface area contributed by atoms with Crippen molar-refractivity contribution in [2.75, 3.05) is 11.4 Å². The van der Waals surface area contributed by atoms with Gasteiger partial charge in [0.25, 0.3) is 0 Å². The van der Waals surface area contributed by atoms with E-state index in [9.17, 15) is 4.79 Å². The van der Waals surface area contributed by atoms with Crippen LogP contribution in [0, 0.1) is 6.92 Å². The molecule has 0 saturated carbocycles. The van der Waals surface area contributed by atoms with Gasteiger partial charge < -0.3 is 4.90 Å². The van der Waals surface area contributed by atoms with Crippen molar-refractivity contribution in [3.8, 4) is 0 Å². The Labute approximate surface area is 166 Å². The first-order chi connectivity index (χ1) is 11.8. The van der Waals surface area contributed by atoms with Crippen LogP contribution in [0.2, 0.25) is 0 Å². The third-order valence-corrected chi connectivity index (χ3v) is 5.72. The SMILES string of the molecule is CCN1/C(=C/C(=O)c2ccc(C(Cl)(Cl)Cl)cc2)Sc2ccc(C)cc21. The molecule has 1 heterocycles. The first-order valence-electron chi connectivity index (χ1n) is 7.79. The number of ketones is 1. The Kier molecular flexibility index (Phi) is 5.40. The second-order valence-corrected chi connectivity index (χ2v) is 9.08. The topological polar surface area (TPSA) is 20.3 Å². The quantitative estimate of drug-likeness (QED) is 0.327. The maximum absolute atomic E-state index is 12.6. The van der Waals surface area contributed by atoms with Gasteiger partial charge in [0.05, 0.1) is 10.7 Å². The van der Waals surface area contributed by atoms with Crippen LogP contribution in [-0.4, -0.2) is 12.3 Å². The summed E-state index contributed by atoms with van der Waals surface area (Å²) in [6.07, 6.45) is 1.67. The molecular formula is C19H16Cl3NOS. The number of alkyl halides is 3. The summed E-state index contributed by atoms with van der Waals surface area (Å²) >= 11 is 19.2. The van der Waals surface area contributed by atoms with Crippen LogP contribution in [0.5, 0.6) is 0 Å². The van der Waals surface area contributed by atoms with Crippen LogP contribution in [0.25, 0.3) is 0 Å². The highest BCUT2D eigenvalue weighted by Crippen LogP contribution is 2.46. The van der Waals surface area contributed by atoms with Gasteiger partial charge in [-0.2, -0.15) is 0 Å². The maximum Gasteiger partial charge on any atom is 0.216 e. The number of hydrogen-bond acceptors (Lipinski definition) is 3. The van der Waals surface area contributed by atoms with E-state index < -0.39 is 3.79 Å². The van der Waals surface area contributed by atoms with Crippen molar-refractivity contribution in [3.63, 3.8) is 0 Å². The highest BCUT2D eigenvalue weighted by Gasteiger charge is 2.25. The van der Waals surface area contributed by atoms with E-state index in [0.717, 1.165) is 22.2 Å². The Morgan fingerprint density at radius 2 is 1.84 bits per heavy atom. The predicted molar refractivity (Wildman–Crippen MR) is 108 cm³/mol. The van der Waals surface area contributed by atoms with E-state index in [0.29, 0.717) is 11.1 Å². The lowest BCUT2D eigenvalue weighted by Gasteiger charge is -2.18. The number of carbonyl (C=O) groups is 1. The van der Waals surface area contributed by atoms with E-state index in [-0.39, 0.29) is 5.78 Å². The number of rotatable bonds is 3. The van der Waals surface area contributed by atoms with Crippen molar-refractivity contribution >= 4 is 58.0 Å². The van der Waals surface area contributed by atoms with Crippen molar-refractivity contribution in [2.45, 2.75) is 22.5 Å². The fourth-order valence-electron chi connectivity index (χ4n) is 2.66. The lowest BCUT2D eigenvalue weighted by Crippen LogP contribution is -2.17. The zero-order valence-electron chi connectivity index (χ0n) is 13.7. The lowest BCUT2D eigenvalue weighted by molar-refractivity contribution is 0.104. The molecule has 0 atom stereocenters. The molecule has 1 aliphatic heterocycles. The van der Waals surface area contributed by atoms with Gasteiger partial charge in [-0.1, -0.05) is 76.9 Å². The average molecular weight is 413 g/mol. The smallest absolute Gasteiger partial charge is 0.216 e. The zero-order valence-corrected chi connectivity index (χ0v) is 16.8. The summed E-state index contributed by atoms with van der Waals surface area (Å²) in [4.78, 5) is 15.9. The number of halogens is 3. The third-order valence-electron chi connectivity index (χ3n) is 3.95. The zero-order chi connectivity index (χ0) is 18.2. The Morgan fingerprint density at radius 3 is 2.44 bits per heavy atom. The molecule has 2 aromatic carbocycles. The monoisotopic (exact) mass is 411 g/mol.